The lowest BCUT2D eigenvalue weighted by molar-refractivity contribution is 0.0342. The molecule has 3 heteroatoms. The molecule has 0 bridgehead atoms. The number of ether oxygens (including phenoxy) is 1. The van der Waals surface area contributed by atoms with Gasteiger partial charge in [0.25, 0.3) is 0 Å². The first-order chi connectivity index (χ1) is 7.79. The van der Waals surface area contributed by atoms with Crippen LogP contribution in [0.4, 0.5) is 0 Å². The Kier molecular flexibility index (Phi) is 4.22. The monoisotopic (exact) mass is 239 g/mol. The molecule has 1 heterocycles. The van der Waals surface area contributed by atoms with E-state index < -0.39 is 0 Å². The Labute approximate surface area is 102 Å². The van der Waals surface area contributed by atoms with Crippen LogP contribution in [0, 0.1) is 5.92 Å². The van der Waals surface area contributed by atoms with Gasteiger partial charge in [0.2, 0.25) is 0 Å². The molecule has 0 radical (unpaired) electrons. The Bertz CT molecular complexity index is 342. The summed E-state index contributed by atoms with van der Waals surface area (Å²) in [5.74, 6) is 0.553. The third-order valence-electron chi connectivity index (χ3n) is 3.23. The minimum absolute atomic E-state index is 0.553. The van der Waals surface area contributed by atoms with Gasteiger partial charge in [0, 0.05) is 23.6 Å². The Balaban J connectivity index is 2.02. The topological polar surface area (TPSA) is 21.3 Å². The van der Waals surface area contributed by atoms with Gasteiger partial charge in [-0.2, -0.15) is 0 Å². The first-order valence-electron chi connectivity index (χ1n) is 5.79. The summed E-state index contributed by atoms with van der Waals surface area (Å²) in [7, 11) is 2.03. The van der Waals surface area contributed by atoms with Gasteiger partial charge in [-0.3, -0.25) is 0 Å². The van der Waals surface area contributed by atoms with Crippen molar-refractivity contribution >= 4 is 11.6 Å². The van der Waals surface area contributed by atoms with E-state index in [2.05, 4.69) is 11.4 Å². The number of benzene rings is 1. The van der Waals surface area contributed by atoms with Crippen molar-refractivity contribution in [3.63, 3.8) is 0 Å². The van der Waals surface area contributed by atoms with Gasteiger partial charge < -0.3 is 10.1 Å². The van der Waals surface area contributed by atoms with E-state index in [1.807, 2.05) is 25.2 Å². The van der Waals surface area contributed by atoms with Gasteiger partial charge in [-0.05, 0) is 37.6 Å². The van der Waals surface area contributed by atoms with E-state index in [4.69, 9.17) is 16.3 Å². The minimum atomic E-state index is 0.553. The van der Waals surface area contributed by atoms with Crippen LogP contribution in [0.5, 0.6) is 0 Å². The zero-order chi connectivity index (χ0) is 11.4. The molecule has 16 heavy (non-hydrogen) atoms. The van der Waals surface area contributed by atoms with Crippen LogP contribution in [0.3, 0.4) is 0 Å². The standard InChI is InChI=1S/C13H18ClNO/c1-15-13-5-6-16-9-11(13)7-10-3-2-4-12(14)8-10/h2-4,8,11,13,15H,5-7,9H2,1H3. The summed E-state index contributed by atoms with van der Waals surface area (Å²) in [6.07, 6.45) is 2.13. The van der Waals surface area contributed by atoms with E-state index in [1.165, 1.54) is 5.56 Å². The molecule has 1 aromatic carbocycles. The molecule has 2 nitrogen and oxygen atoms in total. The molecule has 1 N–H and O–H groups in total. The highest BCUT2D eigenvalue weighted by Gasteiger charge is 2.24. The van der Waals surface area contributed by atoms with Crippen LogP contribution < -0.4 is 5.32 Å². The molecule has 1 aliphatic heterocycles. The third-order valence-corrected chi connectivity index (χ3v) is 3.47. The fraction of sp³-hybridized carbons (Fsp3) is 0.538. The second-order valence-corrected chi connectivity index (χ2v) is 4.79. The average molecular weight is 240 g/mol. The number of hydrogen-bond donors (Lipinski definition) is 1. The largest absolute Gasteiger partial charge is 0.381 e. The maximum absolute atomic E-state index is 5.99. The minimum Gasteiger partial charge on any atom is -0.381 e. The summed E-state index contributed by atoms with van der Waals surface area (Å²) < 4.78 is 5.54. The fourth-order valence-electron chi connectivity index (χ4n) is 2.34. The molecule has 2 unspecified atom stereocenters. The predicted octanol–water partition coefficient (Wildman–Crippen LogP) is 2.51. The summed E-state index contributed by atoms with van der Waals surface area (Å²) in [4.78, 5) is 0. The lowest BCUT2D eigenvalue weighted by atomic mass is 9.89. The molecule has 88 valence electrons. The lowest BCUT2D eigenvalue weighted by Gasteiger charge is -2.31. The molecule has 0 aromatic heterocycles. The first-order valence-corrected chi connectivity index (χ1v) is 6.17. The summed E-state index contributed by atoms with van der Waals surface area (Å²) >= 11 is 5.99. The molecule has 0 aliphatic carbocycles. The van der Waals surface area contributed by atoms with Crippen LogP contribution in [-0.2, 0) is 11.2 Å². The van der Waals surface area contributed by atoms with Crippen molar-refractivity contribution in [2.75, 3.05) is 20.3 Å². The SMILES string of the molecule is CNC1CCOCC1Cc1cccc(Cl)c1. The van der Waals surface area contributed by atoms with E-state index in [1.54, 1.807) is 0 Å². The summed E-state index contributed by atoms with van der Waals surface area (Å²) in [6, 6.07) is 8.66. The molecule has 1 saturated heterocycles. The van der Waals surface area contributed by atoms with Crippen molar-refractivity contribution in [3.05, 3.63) is 34.9 Å². The Morgan fingerprint density at radius 2 is 2.38 bits per heavy atom. The number of rotatable bonds is 3. The lowest BCUT2D eigenvalue weighted by Crippen LogP contribution is -2.41. The van der Waals surface area contributed by atoms with Crippen LogP contribution in [0.1, 0.15) is 12.0 Å². The van der Waals surface area contributed by atoms with Gasteiger partial charge >= 0.3 is 0 Å². The van der Waals surface area contributed by atoms with Crippen molar-refractivity contribution in [2.45, 2.75) is 18.9 Å². The molecule has 2 rings (SSSR count). The summed E-state index contributed by atoms with van der Waals surface area (Å²) in [5, 5.41) is 4.19. The van der Waals surface area contributed by atoms with Crippen LogP contribution in [0.2, 0.25) is 5.02 Å². The van der Waals surface area contributed by atoms with Gasteiger partial charge in [-0.25, -0.2) is 0 Å². The smallest absolute Gasteiger partial charge is 0.0512 e. The highest BCUT2D eigenvalue weighted by Crippen LogP contribution is 2.21. The zero-order valence-electron chi connectivity index (χ0n) is 9.58. The molecule has 1 aliphatic rings. The molecule has 2 atom stereocenters. The van der Waals surface area contributed by atoms with Gasteiger partial charge in [-0.1, -0.05) is 23.7 Å². The zero-order valence-corrected chi connectivity index (χ0v) is 10.3. The van der Waals surface area contributed by atoms with Gasteiger partial charge in [0.05, 0.1) is 6.61 Å². The fourth-order valence-corrected chi connectivity index (χ4v) is 2.56. The van der Waals surface area contributed by atoms with Crippen LogP contribution >= 0.6 is 11.6 Å². The molecule has 0 spiro atoms. The maximum atomic E-state index is 5.99. The molecular weight excluding hydrogens is 222 g/mol. The van der Waals surface area contributed by atoms with E-state index in [0.717, 1.165) is 31.1 Å². The number of hydrogen-bond acceptors (Lipinski definition) is 2. The Hall–Kier alpha value is -0.570. The summed E-state index contributed by atoms with van der Waals surface area (Å²) in [5.41, 5.74) is 1.29. The molecule has 0 amide bonds. The van der Waals surface area contributed by atoms with Crippen molar-refractivity contribution in [1.29, 1.82) is 0 Å². The van der Waals surface area contributed by atoms with E-state index in [-0.39, 0.29) is 0 Å². The average Bonchev–Trinajstić information content (AvgIpc) is 2.30. The van der Waals surface area contributed by atoms with E-state index >= 15 is 0 Å². The molecular formula is C13H18ClNO. The van der Waals surface area contributed by atoms with E-state index in [9.17, 15) is 0 Å². The first kappa shape index (κ1) is 11.9. The third kappa shape index (κ3) is 2.97. The van der Waals surface area contributed by atoms with Crippen LogP contribution in [0.15, 0.2) is 24.3 Å². The van der Waals surface area contributed by atoms with Gasteiger partial charge in [-0.15, -0.1) is 0 Å². The van der Waals surface area contributed by atoms with Crippen molar-refractivity contribution in [1.82, 2.24) is 5.32 Å². The number of nitrogens with one attached hydrogen (secondary N) is 1. The Morgan fingerprint density at radius 3 is 3.12 bits per heavy atom. The van der Waals surface area contributed by atoms with Crippen LogP contribution in [-0.4, -0.2) is 26.3 Å². The van der Waals surface area contributed by atoms with Crippen molar-refractivity contribution < 1.29 is 4.74 Å². The Morgan fingerprint density at radius 1 is 1.50 bits per heavy atom. The highest BCUT2D eigenvalue weighted by atomic mass is 35.5. The molecule has 1 aromatic rings. The normalized spacial score (nSPS) is 25.6. The second kappa shape index (κ2) is 5.67. The second-order valence-electron chi connectivity index (χ2n) is 4.35. The molecule has 1 fully saturated rings. The van der Waals surface area contributed by atoms with Gasteiger partial charge in [0.1, 0.15) is 0 Å². The quantitative estimate of drug-likeness (QED) is 0.875. The molecule has 0 saturated carbocycles. The number of halogens is 1. The van der Waals surface area contributed by atoms with Crippen molar-refractivity contribution in [2.24, 2.45) is 5.92 Å². The maximum Gasteiger partial charge on any atom is 0.0512 e. The highest BCUT2D eigenvalue weighted by molar-refractivity contribution is 6.30. The van der Waals surface area contributed by atoms with E-state index in [0.29, 0.717) is 12.0 Å². The summed E-state index contributed by atoms with van der Waals surface area (Å²) in [6.45, 7) is 1.72. The predicted molar refractivity (Wildman–Crippen MR) is 66.9 cm³/mol. The van der Waals surface area contributed by atoms with Gasteiger partial charge in [0.15, 0.2) is 0 Å². The van der Waals surface area contributed by atoms with Crippen LogP contribution in [0.25, 0.3) is 0 Å². The van der Waals surface area contributed by atoms with Crippen molar-refractivity contribution in [3.8, 4) is 0 Å².